The largest absolute Gasteiger partial charge is 0.463 e. The van der Waals surface area contributed by atoms with Gasteiger partial charge < -0.3 is 4.74 Å². The van der Waals surface area contributed by atoms with Gasteiger partial charge in [-0.3, -0.25) is 0 Å². The number of nitrogens with zero attached hydrogens (tertiary/aromatic N) is 2. The van der Waals surface area contributed by atoms with Crippen LogP contribution in [0.4, 0.5) is 4.39 Å². The molecule has 0 spiro atoms. The van der Waals surface area contributed by atoms with E-state index >= 15 is 0 Å². The maximum atomic E-state index is 12.4. The molecule has 0 N–H and O–H groups in total. The Morgan fingerprint density at radius 3 is 2.62 bits per heavy atom. The summed E-state index contributed by atoms with van der Waals surface area (Å²) in [4.78, 5) is 7.40. The minimum Gasteiger partial charge on any atom is -0.463 e. The smallest absolute Gasteiger partial charge is 0.316 e. The van der Waals surface area contributed by atoms with Crippen molar-refractivity contribution in [3.63, 3.8) is 0 Å². The predicted octanol–water partition coefficient (Wildman–Crippen LogP) is 1.79. The summed E-state index contributed by atoms with van der Waals surface area (Å²) in [6, 6.07) is 0.272. The zero-order valence-corrected chi connectivity index (χ0v) is 7.24. The van der Waals surface area contributed by atoms with Crippen LogP contribution in [0, 0.1) is 11.7 Å². The van der Waals surface area contributed by atoms with Crippen molar-refractivity contribution in [2.24, 2.45) is 5.92 Å². The average Bonchev–Trinajstić information content (AvgIpc) is 2.05. The van der Waals surface area contributed by atoms with Gasteiger partial charge in [-0.25, -0.2) is 14.4 Å². The van der Waals surface area contributed by atoms with Gasteiger partial charge in [-0.2, -0.15) is 0 Å². The lowest BCUT2D eigenvalue weighted by Crippen LogP contribution is -2.19. The molecule has 1 saturated carbocycles. The van der Waals surface area contributed by atoms with Crippen molar-refractivity contribution in [2.75, 3.05) is 6.61 Å². The molecule has 1 heterocycles. The molecule has 2 rings (SSSR count). The highest BCUT2D eigenvalue weighted by Crippen LogP contribution is 2.26. The second-order valence-electron chi connectivity index (χ2n) is 3.29. The predicted molar refractivity (Wildman–Crippen MR) is 44.8 cm³/mol. The van der Waals surface area contributed by atoms with E-state index in [2.05, 4.69) is 9.97 Å². The van der Waals surface area contributed by atoms with Gasteiger partial charge in [0.2, 0.25) is 0 Å². The number of halogens is 1. The fourth-order valence-corrected chi connectivity index (χ4v) is 1.23. The molecular weight excluding hydrogens is 171 g/mol. The van der Waals surface area contributed by atoms with Crippen molar-refractivity contribution >= 4 is 0 Å². The molecule has 1 fully saturated rings. The molecule has 1 aliphatic rings. The van der Waals surface area contributed by atoms with Crippen molar-refractivity contribution in [2.45, 2.75) is 19.3 Å². The molecule has 0 saturated heterocycles. The Bertz CT molecular complexity index is 271. The van der Waals surface area contributed by atoms with Gasteiger partial charge in [-0.05, 0) is 18.8 Å². The Hall–Kier alpha value is -1.19. The summed E-state index contributed by atoms with van der Waals surface area (Å²) in [6.45, 7) is 0.658. The fraction of sp³-hybridized carbons (Fsp3) is 0.556. The van der Waals surface area contributed by atoms with Gasteiger partial charge in [-0.15, -0.1) is 0 Å². The highest BCUT2D eigenvalue weighted by Gasteiger charge is 2.18. The van der Waals surface area contributed by atoms with Crippen LogP contribution in [0.25, 0.3) is 0 Å². The molecule has 1 aliphatic carbocycles. The van der Waals surface area contributed by atoms with Gasteiger partial charge in [-0.1, -0.05) is 6.42 Å². The van der Waals surface area contributed by atoms with E-state index in [1.807, 2.05) is 0 Å². The minimum absolute atomic E-state index is 0.272. The van der Waals surface area contributed by atoms with Gasteiger partial charge in [0.15, 0.2) is 5.82 Å². The molecule has 0 radical (unpaired) electrons. The van der Waals surface area contributed by atoms with Crippen LogP contribution in [0.3, 0.4) is 0 Å². The highest BCUT2D eigenvalue weighted by molar-refractivity contribution is 4.95. The van der Waals surface area contributed by atoms with Gasteiger partial charge in [0.1, 0.15) is 0 Å². The van der Waals surface area contributed by atoms with Gasteiger partial charge in [0.25, 0.3) is 0 Å². The summed E-state index contributed by atoms with van der Waals surface area (Å²) in [5, 5.41) is 0. The molecule has 13 heavy (non-hydrogen) atoms. The summed E-state index contributed by atoms with van der Waals surface area (Å²) in [7, 11) is 0. The number of hydrogen-bond acceptors (Lipinski definition) is 3. The van der Waals surface area contributed by atoms with Crippen molar-refractivity contribution < 1.29 is 9.13 Å². The molecule has 70 valence electrons. The van der Waals surface area contributed by atoms with Crippen molar-refractivity contribution in [3.8, 4) is 6.01 Å². The molecular formula is C9H11FN2O. The van der Waals surface area contributed by atoms with Crippen LogP contribution in [0.1, 0.15) is 19.3 Å². The van der Waals surface area contributed by atoms with Crippen molar-refractivity contribution in [1.82, 2.24) is 9.97 Å². The number of hydrogen-bond donors (Lipinski definition) is 0. The first-order valence-corrected chi connectivity index (χ1v) is 4.45. The van der Waals surface area contributed by atoms with Crippen LogP contribution < -0.4 is 4.74 Å². The second kappa shape index (κ2) is 3.68. The quantitative estimate of drug-likeness (QED) is 0.714. The monoisotopic (exact) mass is 182 g/mol. The fourth-order valence-electron chi connectivity index (χ4n) is 1.23. The topological polar surface area (TPSA) is 35.0 Å². The summed E-state index contributed by atoms with van der Waals surface area (Å²) >= 11 is 0. The molecule has 0 amide bonds. The zero-order chi connectivity index (χ0) is 9.10. The maximum Gasteiger partial charge on any atom is 0.316 e. The van der Waals surface area contributed by atoms with E-state index < -0.39 is 5.82 Å². The van der Waals surface area contributed by atoms with Crippen LogP contribution in [0.2, 0.25) is 0 Å². The first-order chi connectivity index (χ1) is 6.34. The third-order valence-corrected chi connectivity index (χ3v) is 2.27. The van der Waals surface area contributed by atoms with Crippen LogP contribution in [0.5, 0.6) is 6.01 Å². The molecule has 4 heteroatoms. The Morgan fingerprint density at radius 1 is 1.38 bits per heavy atom. The van der Waals surface area contributed by atoms with Crippen molar-refractivity contribution in [1.29, 1.82) is 0 Å². The molecule has 0 aliphatic heterocycles. The lowest BCUT2D eigenvalue weighted by molar-refractivity contribution is 0.169. The minimum atomic E-state index is -0.434. The van der Waals surface area contributed by atoms with Crippen LogP contribution in [-0.4, -0.2) is 16.6 Å². The first kappa shape index (κ1) is 8.41. The van der Waals surface area contributed by atoms with E-state index in [0.717, 1.165) is 12.4 Å². The number of ether oxygens (including phenoxy) is 1. The SMILES string of the molecule is Fc1cnc(OCC2CCC2)nc1. The Balaban J connectivity index is 1.83. The maximum absolute atomic E-state index is 12.4. The third kappa shape index (κ3) is 2.14. The summed E-state index contributed by atoms with van der Waals surface area (Å²) in [5.41, 5.74) is 0. The van der Waals surface area contributed by atoms with E-state index in [0.29, 0.717) is 12.5 Å². The summed E-state index contributed by atoms with van der Waals surface area (Å²) in [6.07, 6.45) is 5.97. The van der Waals surface area contributed by atoms with E-state index in [4.69, 9.17) is 4.74 Å². The molecule has 1 aromatic heterocycles. The molecule has 3 nitrogen and oxygen atoms in total. The zero-order valence-electron chi connectivity index (χ0n) is 7.24. The van der Waals surface area contributed by atoms with Gasteiger partial charge in [0.05, 0.1) is 19.0 Å². The Labute approximate surface area is 76.0 Å². The number of aromatic nitrogens is 2. The number of rotatable bonds is 3. The van der Waals surface area contributed by atoms with E-state index in [-0.39, 0.29) is 6.01 Å². The Morgan fingerprint density at radius 2 is 2.08 bits per heavy atom. The summed E-state index contributed by atoms with van der Waals surface area (Å²) < 4.78 is 17.7. The lowest BCUT2D eigenvalue weighted by Gasteiger charge is -2.24. The standard InChI is InChI=1S/C9H11FN2O/c10-8-4-11-9(12-5-8)13-6-7-2-1-3-7/h4-5,7H,1-3,6H2. The normalized spacial score (nSPS) is 16.7. The van der Waals surface area contributed by atoms with Crippen LogP contribution >= 0.6 is 0 Å². The Kier molecular flexibility index (Phi) is 2.38. The molecule has 0 atom stereocenters. The third-order valence-electron chi connectivity index (χ3n) is 2.27. The molecule has 0 unspecified atom stereocenters. The first-order valence-electron chi connectivity index (χ1n) is 4.45. The average molecular weight is 182 g/mol. The van der Waals surface area contributed by atoms with E-state index in [1.54, 1.807) is 0 Å². The van der Waals surface area contributed by atoms with Gasteiger partial charge >= 0.3 is 6.01 Å². The van der Waals surface area contributed by atoms with Crippen LogP contribution in [0.15, 0.2) is 12.4 Å². The second-order valence-corrected chi connectivity index (χ2v) is 3.29. The van der Waals surface area contributed by atoms with Gasteiger partial charge in [0, 0.05) is 0 Å². The summed E-state index contributed by atoms with van der Waals surface area (Å²) in [5.74, 6) is 0.213. The molecule has 1 aromatic rings. The van der Waals surface area contributed by atoms with E-state index in [9.17, 15) is 4.39 Å². The van der Waals surface area contributed by atoms with E-state index in [1.165, 1.54) is 19.3 Å². The molecule has 0 bridgehead atoms. The lowest BCUT2D eigenvalue weighted by atomic mass is 9.86. The molecule has 0 aromatic carbocycles. The highest BCUT2D eigenvalue weighted by atomic mass is 19.1. The van der Waals surface area contributed by atoms with Crippen molar-refractivity contribution in [3.05, 3.63) is 18.2 Å². The van der Waals surface area contributed by atoms with Crippen LogP contribution in [-0.2, 0) is 0 Å².